The van der Waals surface area contributed by atoms with Crippen molar-refractivity contribution in [3.05, 3.63) is 36.5 Å². The number of nitrogens with zero attached hydrogens (tertiary/aromatic N) is 1. The van der Waals surface area contributed by atoms with Crippen molar-refractivity contribution in [2.45, 2.75) is 10.3 Å². The maximum absolute atomic E-state index is 11.3. The van der Waals surface area contributed by atoms with Gasteiger partial charge < -0.3 is 4.90 Å². The van der Waals surface area contributed by atoms with Crippen LogP contribution in [-0.4, -0.2) is 32.4 Å². The van der Waals surface area contributed by atoms with Crippen LogP contribution in [0, 0.1) is 0 Å². The van der Waals surface area contributed by atoms with Gasteiger partial charge in [0.05, 0.1) is 4.90 Å². The Kier molecular flexibility index (Phi) is 3.45. The van der Waals surface area contributed by atoms with Crippen LogP contribution in [0.2, 0.25) is 0 Å². The first-order valence-electron chi connectivity index (χ1n) is 5.31. The third-order valence-corrected chi connectivity index (χ3v) is 4.16. The molecular weight excluding hydrogens is 274 g/mol. The number of carbonyl (C=O) groups is 1. The van der Waals surface area contributed by atoms with E-state index in [0.29, 0.717) is 6.54 Å². The molecule has 0 N–H and O–H groups in total. The molecule has 0 bridgehead atoms. The molecule has 1 aromatic rings. The topological polar surface area (TPSA) is 54.5 Å². The average molecular weight is 286 g/mol. The molecule has 0 radical (unpaired) electrons. The molecule has 2 rings (SSSR count). The molecule has 6 heteroatoms. The fourth-order valence-corrected chi connectivity index (χ4v) is 2.52. The third kappa shape index (κ3) is 2.73. The first-order chi connectivity index (χ1) is 8.38. The van der Waals surface area contributed by atoms with Crippen molar-refractivity contribution in [2.24, 2.45) is 0 Å². The van der Waals surface area contributed by atoms with Crippen LogP contribution in [0.3, 0.4) is 0 Å². The molecule has 1 heterocycles. The van der Waals surface area contributed by atoms with Crippen LogP contribution in [0.15, 0.2) is 41.4 Å². The van der Waals surface area contributed by atoms with E-state index >= 15 is 0 Å². The number of sulfone groups is 1. The molecule has 0 amide bonds. The van der Waals surface area contributed by atoms with E-state index in [1.807, 2.05) is 4.90 Å². The highest BCUT2D eigenvalue weighted by Gasteiger charge is 2.21. The lowest BCUT2D eigenvalue weighted by Gasteiger charge is -2.25. The Bertz CT molecular complexity index is 592. The van der Waals surface area contributed by atoms with Crippen LogP contribution in [-0.2, 0) is 14.6 Å². The quantitative estimate of drug-likeness (QED) is 0.775. The lowest BCUT2D eigenvalue weighted by Crippen LogP contribution is -2.33. The van der Waals surface area contributed by atoms with Gasteiger partial charge in [0.15, 0.2) is 15.6 Å². The standard InChI is InChI=1S/C12H12ClNO3S/c1-18(16,17)10-4-2-9(3-5-10)14-7-6-12(15)11(13)8-14/h2-7,11H,8H2,1H3. The Morgan fingerprint density at radius 2 is 1.89 bits per heavy atom. The molecular formula is C12H12ClNO3S. The normalized spacial score (nSPS) is 20.2. The van der Waals surface area contributed by atoms with Gasteiger partial charge in [-0.3, -0.25) is 4.79 Å². The van der Waals surface area contributed by atoms with Gasteiger partial charge >= 0.3 is 0 Å². The number of rotatable bonds is 2. The second-order valence-electron chi connectivity index (χ2n) is 4.10. The van der Waals surface area contributed by atoms with Gasteiger partial charge in [-0.05, 0) is 30.3 Å². The van der Waals surface area contributed by atoms with Crippen LogP contribution in [0.5, 0.6) is 0 Å². The molecule has 1 aliphatic heterocycles. The number of carbonyl (C=O) groups excluding carboxylic acids is 1. The van der Waals surface area contributed by atoms with E-state index in [1.165, 1.54) is 18.2 Å². The van der Waals surface area contributed by atoms with Gasteiger partial charge in [0, 0.05) is 24.7 Å². The summed E-state index contributed by atoms with van der Waals surface area (Å²) in [4.78, 5) is 13.3. The van der Waals surface area contributed by atoms with E-state index in [2.05, 4.69) is 0 Å². The number of benzene rings is 1. The largest absolute Gasteiger partial charge is 0.346 e. The number of hydrogen-bond donors (Lipinski definition) is 0. The van der Waals surface area contributed by atoms with Gasteiger partial charge in [-0.1, -0.05) is 0 Å². The van der Waals surface area contributed by atoms with Crippen LogP contribution >= 0.6 is 11.6 Å². The lowest BCUT2D eigenvalue weighted by atomic mass is 10.2. The Morgan fingerprint density at radius 3 is 2.39 bits per heavy atom. The number of alkyl halides is 1. The van der Waals surface area contributed by atoms with E-state index in [0.717, 1.165) is 11.9 Å². The monoisotopic (exact) mass is 285 g/mol. The predicted molar refractivity (Wildman–Crippen MR) is 70.7 cm³/mol. The number of allylic oxidation sites excluding steroid dienone is 1. The number of halogens is 1. The van der Waals surface area contributed by atoms with Crippen LogP contribution < -0.4 is 4.90 Å². The number of ketones is 1. The molecule has 96 valence electrons. The van der Waals surface area contributed by atoms with E-state index in [1.54, 1.807) is 18.3 Å². The van der Waals surface area contributed by atoms with Crippen LogP contribution in [0.4, 0.5) is 5.69 Å². The maximum atomic E-state index is 11.3. The molecule has 1 aromatic carbocycles. The minimum absolute atomic E-state index is 0.110. The highest BCUT2D eigenvalue weighted by molar-refractivity contribution is 7.90. The third-order valence-electron chi connectivity index (χ3n) is 2.68. The van der Waals surface area contributed by atoms with Gasteiger partial charge in [-0.15, -0.1) is 11.6 Å². The smallest absolute Gasteiger partial charge is 0.176 e. The molecule has 0 spiro atoms. The molecule has 0 aromatic heterocycles. The zero-order valence-corrected chi connectivity index (χ0v) is 11.3. The number of anilines is 1. The van der Waals surface area contributed by atoms with Gasteiger partial charge in [0.2, 0.25) is 0 Å². The highest BCUT2D eigenvalue weighted by Crippen LogP contribution is 2.21. The molecule has 1 unspecified atom stereocenters. The minimum atomic E-state index is -3.19. The van der Waals surface area contributed by atoms with Gasteiger partial charge in [0.25, 0.3) is 0 Å². The summed E-state index contributed by atoms with van der Waals surface area (Å²) in [5.74, 6) is -0.110. The first-order valence-corrected chi connectivity index (χ1v) is 7.63. The molecule has 1 atom stereocenters. The zero-order valence-electron chi connectivity index (χ0n) is 9.71. The number of hydrogen-bond acceptors (Lipinski definition) is 4. The summed E-state index contributed by atoms with van der Waals surface area (Å²) in [5.41, 5.74) is 0.803. The van der Waals surface area contributed by atoms with Gasteiger partial charge in [-0.2, -0.15) is 0 Å². The van der Waals surface area contributed by atoms with Crippen molar-refractivity contribution in [2.75, 3.05) is 17.7 Å². The zero-order chi connectivity index (χ0) is 13.3. The molecule has 0 aliphatic carbocycles. The first kappa shape index (κ1) is 13.1. The predicted octanol–water partition coefficient (Wildman–Crippen LogP) is 1.60. The SMILES string of the molecule is CS(=O)(=O)c1ccc(N2C=CC(=O)C(Cl)C2)cc1. The summed E-state index contributed by atoms with van der Waals surface area (Å²) in [6.45, 7) is 0.384. The van der Waals surface area contributed by atoms with E-state index in [4.69, 9.17) is 11.6 Å². The van der Waals surface area contributed by atoms with E-state index in [-0.39, 0.29) is 10.7 Å². The summed E-state index contributed by atoms with van der Waals surface area (Å²) in [6, 6.07) is 6.47. The van der Waals surface area contributed by atoms with Crippen LogP contribution in [0.1, 0.15) is 0 Å². The molecule has 0 saturated heterocycles. The molecule has 0 fully saturated rings. The maximum Gasteiger partial charge on any atom is 0.176 e. The molecule has 0 saturated carbocycles. The summed E-state index contributed by atoms with van der Waals surface area (Å²) >= 11 is 5.88. The fourth-order valence-electron chi connectivity index (χ4n) is 1.67. The highest BCUT2D eigenvalue weighted by atomic mass is 35.5. The lowest BCUT2D eigenvalue weighted by molar-refractivity contribution is -0.114. The molecule has 1 aliphatic rings. The average Bonchev–Trinajstić information content (AvgIpc) is 2.32. The van der Waals surface area contributed by atoms with Crippen molar-refractivity contribution in [1.29, 1.82) is 0 Å². The Morgan fingerprint density at radius 1 is 1.28 bits per heavy atom. The summed E-state index contributed by atoms with van der Waals surface area (Å²) in [6.07, 6.45) is 4.23. The Balaban J connectivity index is 2.26. The summed E-state index contributed by atoms with van der Waals surface area (Å²) in [7, 11) is -3.19. The van der Waals surface area contributed by atoms with Crippen molar-refractivity contribution in [3.63, 3.8) is 0 Å². The Hall–Kier alpha value is -1.33. The Labute approximate surface area is 111 Å². The van der Waals surface area contributed by atoms with Gasteiger partial charge in [0.1, 0.15) is 5.38 Å². The molecule has 18 heavy (non-hydrogen) atoms. The van der Waals surface area contributed by atoms with E-state index in [9.17, 15) is 13.2 Å². The molecule has 4 nitrogen and oxygen atoms in total. The van der Waals surface area contributed by atoms with Crippen molar-refractivity contribution in [1.82, 2.24) is 0 Å². The van der Waals surface area contributed by atoms with Crippen molar-refractivity contribution in [3.8, 4) is 0 Å². The van der Waals surface area contributed by atoms with E-state index < -0.39 is 15.2 Å². The second-order valence-corrected chi connectivity index (χ2v) is 6.65. The summed E-state index contributed by atoms with van der Waals surface area (Å²) < 4.78 is 22.6. The van der Waals surface area contributed by atoms with Crippen molar-refractivity contribution >= 4 is 32.9 Å². The van der Waals surface area contributed by atoms with Crippen molar-refractivity contribution < 1.29 is 13.2 Å². The summed E-state index contributed by atoms with van der Waals surface area (Å²) in [5, 5.41) is -0.565. The van der Waals surface area contributed by atoms with Crippen LogP contribution in [0.25, 0.3) is 0 Å². The minimum Gasteiger partial charge on any atom is -0.346 e. The van der Waals surface area contributed by atoms with Gasteiger partial charge in [-0.25, -0.2) is 8.42 Å². The fraction of sp³-hybridized carbons (Fsp3) is 0.250. The second kappa shape index (κ2) is 4.74.